The largest absolute Gasteiger partial charge is 1.00 e. The van der Waals surface area contributed by atoms with Crippen molar-refractivity contribution in [2.24, 2.45) is 0 Å². The van der Waals surface area contributed by atoms with Crippen LogP contribution in [0.15, 0.2) is 42.6 Å². The van der Waals surface area contributed by atoms with Gasteiger partial charge in [0.05, 0.1) is 11.4 Å². The molecule has 0 bridgehead atoms. The summed E-state index contributed by atoms with van der Waals surface area (Å²) < 4.78 is 1.62. The summed E-state index contributed by atoms with van der Waals surface area (Å²) in [6.07, 6.45) is 4.70. The van der Waals surface area contributed by atoms with Crippen LogP contribution in [0.25, 0.3) is 16.9 Å². The quantitative estimate of drug-likeness (QED) is 0.360. The molecule has 3 heterocycles. The van der Waals surface area contributed by atoms with Gasteiger partial charge in [-0.1, -0.05) is 17.5 Å². The zero-order valence-corrected chi connectivity index (χ0v) is 8.83. The predicted octanol–water partition coefficient (Wildman–Crippen LogP) is -1.40. The number of fused-ring (bicyclic) bond motifs is 1. The fraction of sp³-hybridized carbons (Fsp3) is 0. The predicted molar refractivity (Wildman–Crippen MR) is 55.1 cm³/mol. The van der Waals surface area contributed by atoms with Crippen LogP contribution in [0.3, 0.4) is 0 Å². The van der Waals surface area contributed by atoms with Crippen LogP contribution in [0.4, 0.5) is 0 Å². The molecule has 0 aromatic carbocycles. The van der Waals surface area contributed by atoms with Crippen molar-refractivity contribution in [3.8, 4) is 11.4 Å². The van der Waals surface area contributed by atoms with Crippen molar-refractivity contribution in [3.05, 3.63) is 48.8 Å². The first kappa shape index (κ1) is 10.9. The van der Waals surface area contributed by atoms with Crippen LogP contribution in [0.1, 0.15) is 0 Å². The number of hydrogen-bond donors (Lipinski definition) is 0. The van der Waals surface area contributed by atoms with Crippen molar-refractivity contribution in [1.29, 1.82) is 0 Å². The Bertz CT molecular complexity index is 591. The maximum atomic E-state index is 4.24. The summed E-state index contributed by atoms with van der Waals surface area (Å²) in [6, 6.07) is 11.4. The van der Waals surface area contributed by atoms with Crippen molar-refractivity contribution in [2.75, 3.05) is 0 Å². The third-order valence-corrected chi connectivity index (χ3v) is 2.16. The minimum Gasteiger partial charge on any atom is -0.328 e. The van der Waals surface area contributed by atoms with Gasteiger partial charge in [-0.15, -0.1) is 11.2 Å². The van der Waals surface area contributed by atoms with Crippen LogP contribution in [0.5, 0.6) is 0 Å². The molecule has 0 spiro atoms. The number of rotatable bonds is 1. The molecule has 0 saturated carbocycles. The van der Waals surface area contributed by atoms with E-state index in [1.54, 1.807) is 16.8 Å². The molecule has 0 fully saturated rings. The molecule has 0 N–H and O–H groups in total. The van der Waals surface area contributed by atoms with Crippen LogP contribution in [0.2, 0.25) is 0 Å². The van der Waals surface area contributed by atoms with Gasteiger partial charge in [-0.2, -0.15) is 12.1 Å². The number of hydrogen-bond acceptors (Lipinski definition) is 3. The average molecular weight is 202 g/mol. The molecule has 0 unspecified atom stereocenters. The molecule has 3 aromatic heterocycles. The van der Waals surface area contributed by atoms with Crippen molar-refractivity contribution in [3.63, 3.8) is 0 Å². The normalized spacial score (nSPS) is 10.0. The van der Waals surface area contributed by atoms with Gasteiger partial charge in [-0.3, -0.25) is 4.98 Å². The second kappa shape index (κ2) is 4.48. The first-order chi connectivity index (χ1) is 7.45. The van der Waals surface area contributed by atoms with Crippen LogP contribution >= 0.6 is 0 Å². The maximum Gasteiger partial charge on any atom is 1.00 e. The molecule has 3 rings (SSSR count). The fourth-order valence-electron chi connectivity index (χ4n) is 1.47. The van der Waals surface area contributed by atoms with Gasteiger partial charge in [0.2, 0.25) is 0 Å². The maximum absolute atomic E-state index is 4.24. The summed E-state index contributed by atoms with van der Waals surface area (Å²) in [5.74, 6) is 0. The second-order valence-electron chi connectivity index (χ2n) is 3.10. The molecule has 3 aromatic rings. The third-order valence-electron chi connectivity index (χ3n) is 2.16. The van der Waals surface area contributed by atoms with Gasteiger partial charge in [-0.05, 0) is 17.6 Å². The Labute approximate surface area is 105 Å². The van der Waals surface area contributed by atoms with E-state index in [0.717, 1.165) is 16.9 Å². The summed E-state index contributed by atoms with van der Waals surface area (Å²) >= 11 is 0. The monoisotopic (exact) mass is 202 g/mol. The Morgan fingerprint density at radius 3 is 2.88 bits per heavy atom. The summed E-state index contributed by atoms with van der Waals surface area (Å²) in [5, 5.41) is 8.05. The molecule has 0 atom stereocenters. The van der Waals surface area contributed by atoms with Gasteiger partial charge in [0, 0.05) is 6.20 Å². The zero-order valence-electron chi connectivity index (χ0n) is 8.83. The molecule has 72 valence electrons. The summed E-state index contributed by atoms with van der Waals surface area (Å²) in [5.41, 5.74) is 2.52. The topological polar surface area (TPSA) is 43.1 Å². The van der Waals surface area contributed by atoms with Crippen molar-refractivity contribution in [2.45, 2.75) is 0 Å². The van der Waals surface area contributed by atoms with Gasteiger partial charge in [0.25, 0.3) is 0 Å². The number of nitrogens with zero attached hydrogens (tertiary/aromatic N) is 4. The molecule has 4 nitrogen and oxygen atoms in total. The Kier molecular flexibility index (Phi) is 3.04. The van der Waals surface area contributed by atoms with Crippen LogP contribution in [-0.2, 0) is 0 Å². The van der Waals surface area contributed by atoms with E-state index in [1.165, 1.54) is 0 Å². The van der Waals surface area contributed by atoms with E-state index >= 15 is 0 Å². The second-order valence-corrected chi connectivity index (χ2v) is 3.10. The van der Waals surface area contributed by atoms with E-state index in [-0.39, 0.29) is 18.9 Å². The summed E-state index contributed by atoms with van der Waals surface area (Å²) in [6.45, 7) is 0. The fourth-order valence-corrected chi connectivity index (χ4v) is 1.47. The molecular formula is C11H7LiN4. The minimum atomic E-state index is 0. The molecule has 5 heteroatoms. The van der Waals surface area contributed by atoms with Gasteiger partial charge >= 0.3 is 18.9 Å². The van der Waals surface area contributed by atoms with Crippen molar-refractivity contribution in [1.82, 2.24) is 19.8 Å². The number of aromatic nitrogens is 4. The molecule has 0 aliphatic heterocycles. The smallest absolute Gasteiger partial charge is 0.328 e. The first-order valence-electron chi connectivity index (χ1n) is 4.59. The van der Waals surface area contributed by atoms with E-state index in [1.807, 2.05) is 30.3 Å². The van der Waals surface area contributed by atoms with Gasteiger partial charge in [-0.25, -0.2) is 0 Å². The molecule has 0 saturated heterocycles. The molecule has 0 radical (unpaired) electrons. The van der Waals surface area contributed by atoms with E-state index in [4.69, 9.17) is 0 Å². The van der Waals surface area contributed by atoms with Crippen LogP contribution in [0, 0.1) is 6.20 Å². The van der Waals surface area contributed by atoms with Gasteiger partial charge in [0.1, 0.15) is 0 Å². The van der Waals surface area contributed by atoms with Gasteiger partial charge in [0.15, 0.2) is 0 Å². The molecular weight excluding hydrogens is 195 g/mol. The minimum absolute atomic E-state index is 0. The molecule has 16 heavy (non-hydrogen) atoms. The van der Waals surface area contributed by atoms with Gasteiger partial charge < -0.3 is 4.52 Å². The van der Waals surface area contributed by atoms with E-state index in [0.29, 0.717) is 0 Å². The molecule has 0 amide bonds. The Hall–Kier alpha value is -1.63. The van der Waals surface area contributed by atoms with Crippen molar-refractivity contribution >= 4 is 5.52 Å². The molecule has 0 aliphatic rings. The van der Waals surface area contributed by atoms with E-state index in [9.17, 15) is 0 Å². The zero-order chi connectivity index (χ0) is 10.1. The van der Waals surface area contributed by atoms with Crippen molar-refractivity contribution < 1.29 is 18.9 Å². The van der Waals surface area contributed by atoms with E-state index < -0.39 is 0 Å². The SMILES string of the molecule is [Li+].[c-]1cccc2c(-c3ccccn3)nnn12. The van der Waals surface area contributed by atoms with Crippen LogP contribution < -0.4 is 18.9 Å². The Morgan fingerprint density at radius 2 is 2.06 bits per heavy atom. The average Bonchev–Trinajstić information content (AvgIpc) is 2.74. The Morgan fingerprint density at radius 1 is 1.12 bits per heavy atom. The third kappa shape index (κ3) is 1.73. The summed E-state index contributed by atoms with van der Waals surface area (Å²) in [4.78, 5) is 4.24. The standard InChI is InChI=1S/C11H7N4.Li/c1-3-7-12-9(5-1)11-10-6-2-4-8-15(10)14-13-11;/h1-7H;/q-1;+1. The first-order valence-corrected chi connectivity index (χ1v) is 4.59. The van der Waals surface area contributed by atoms with E-state index in [2.05, 4.69) is 21.5 Å². The molecule has 0 aliphatic carbocycles. The summed E-state index contributed by atoms with van der Waals surface area (Å²) in [7, 11) is 0. The number of pyridine rings is 2. The van der Waals surface area contributed by atoms with Crippen LogP contribution in [-0.4, -0.2) is 19.8 Å². The Balaban J connectivity index is 0.000000963.